The van der Waals surface area contributed by atoms with Gasteiger partial charge in [0.25, 0.3) is 0 Å². The smallest absolute Gasteiger partial charge is 0.347 e. The number of carboxylic acid groups (broad SMARTS) is 1. The molecule has 0 aliphatic heterocycles. The van der Waals surface area contributed by atoms with Crippen molar-refractivity contribution in [3.63, 3.8) is 0 Å². The minimum absolute atomic E-state index is 0.0535. The van der Waals surface area contributed by atoms with Gasteiger partial charge in [-0.2, -0.15) is 0 Å². The van der Waals surface area contributed by atoms with Crippen LogP contribution in [-0.4, -0.2) is 54.0 Å². The van der Waals surface area contributed by atoms with Crippen LogP contribution in [0.2, 0.25) is 0 Å². The number of hydrogen-bond donors (Lipinski definition) is 3. The first-order valence-corrected chi connectivity index (χ1v) is 5.61. The van der Waals surface area contributed by atoms with Gasteiger partial charge >= 0.3 is 17.9 Å². The average Bonchev–Trinajstić information content (AvgIpc) is 2.34. The van der Waals surface area contributed by atoms with E-state index in [0.717, 1.165) is 6.20 Å². The molecular formula is C11H17NO7. The van der Waals surface area contributed by atoms with Crippen molar-refractivity contribution < 1.29 is 34.1 Å². The largest absolute Gasteiger partial charge is 0.480 e. The van der Waals surface area contributed by atoms with E-state index in [1.807, 2.05) is 0 Å². The minimum Gasteiger partial charge on any atom is -0.480 e. The van der Waals surface area contributed by atoms with E-state index in [2.05, 4.69) is 14.8 Å². The van der Waals surface area contributed by atoms with Crippen LogP contribution in [-0.2, 0) is 23.9 Å². The van der Waals surface area contributed by atoms with E-state index in [1.54, 1.807) is 13.8 Å². The van der Waals surface area contributed by atoms with Gasteiger partial charge in [0, 0.05) is 6.20 Å². The number of carboxylic acids is 1. The maximum atomic E-state index is 11.5. The molecule has 0 rings (SSSR count). The topological polar surface area (TPSA) is 122 Å². The van der Waals surface area contributed by atoms with Gasteiger partial charge in [0.05, 0.1) is 19.8 Å². The molecule has 0 fully saturated rings. The second kappa shape index (κ2) is 8.92. The fourth-order valence-electron chi connectivity index (χ4n) is 1.00. The van der Waals surface area contributed by atoms with Crippen LogP contribution in [0, 0.1) is 0 Å². The number of esters is 2. The summed E-state index contributed by atoms with van der Waals surface area (Å²) in [6.07, 6.45) is 0.866. The fraction of sp³-hybridized carbons (Fsp3) is 0.545. The van der Waals surface area contributed by atoms with Crippen molar-refractivity contribution in [1.29, 1.82) is 0 Å². The number of aliphatic carboxylic acids is 1. The van der Waals surface area contributed by atoms with Gasteiger partial charge in [0.15, 0.2) is 5.57 Å². The zero-order valence-corrected chi connectivity index (χ0v) is 10.7. The number of nitrogens with one attached hydrogen (secondary N) is 1. The standard InChI is InChI=1S/C11H17NO7/c1-3-18-10(16)7(11(17)19-4-2)5-12-8(6-13)9(14)15/h5,8,12-13H,3-4,6H2,1-2H3,(H,14,15). The molecule has 0 heterocycles. The Labute approximate surface area is 110 Å². The maximum Gasteiger partial charge on any atom is 0.347 e. The first-order chi connectivity index (χ1) is 8.97. The third-order valence-electron chi connectivity index (χ3n) is 1.90. The van der Waals surface area contributed by atoms with Gasteiger partial charge in [0.1, 0.15) is 6.04 Å². The lowest BCUT2D eigenvalue weighted by molar-refractivity contribution is -0.147. The van der Waals surface area contributed by atoms with Crippen LogP contribution in [0.1, 0.15) is 13.8 Å². The summed E-state index contributed by atoms with van der Waals surface area (Å²) in [4.78, 5) is 33.6. The molecule has 0 spiro atoms. The van der Waals surface area contributed by atoms with E-state index in [4.69, 9.17) is 10.2 Å². The number of aliphatic hydroxyl groups excluding tert-OH is 1. The Morgan fingerprint density at radius 2 is 1.63 bits per heavy atom. The van der Waals surface area contributed by atoms with Gasteiger partial charge in [-0.05, 0) is 13.8 Å². The lowest BCUT2D eigenvalue weighted by Gasteiger charge is -2.11. The Morgan fingerprint density at radius 1 is 1.16 bits per heavy atom. The van der Waals surface area contributed by atoms with Gasteiger partial charge < -0.3 is 25.0 Å². The summed E-state index contributed by atoms with van der Waals surface area (Å²) >= 11 is 0. The highest BCUT2D eigenvalue weighted by Crippen LogP contribution is 2.01. The molecule has 19 heavy (non-hydrogen) atoms. The van der Waals surface area contributed by atoms with Crippen LogP contribution in [0.25, 0.3) is 0 Å². The number of carbonyl (C=O) groups is 3. The molecule has 0 radical (unpaired) electrons. The summed E-state index contributed by atoms with van der Waals surface area (Å²) < 4.78 is 9.28. The highest BCUT2D eigenvalue weighted by Gasteiger charge is 2.22. The zero-order valence-electron chi connectivity index (χ0n) is 10.7. The minimum atomic E-state index is -1.33. The van der Waals surface area contributed by atoms with E-state index in [1.165, 1.54) is 0 Å². The summed E-state index contributed by atoms with van der Waals surface area (Å²) in [6.45, 7) is 2.52. The number of ether oxygens (including phenoxy) is 2. The molecule has 0 aromatic carbocycles. The second-order valence-electron chi connectivity index (χ2n) is 3.24. The highest BCUT2D eigenvalue weighted by atomic mass is 16.6. The number of hydrogen-bond acceptors (Lipinski definition) is 7. The molecule has 3 N–H and O–H groups in total. The Hall–Kier alpha value is -2.09. The van der Waals surface area contributed by atoms with Gasteiger partial charge in [-0.1, -0.05) is 0 Å². The molecular weight excluding hydrogens is 258 g/mol. The summed E-state index contributed by atoms with van der Waals surface area (Å²) in [6, 6.07) is -1.33. The van der Waals surface area contributed by atoms with Crippen LogP contribution in [0.5, 0.6) is 0 Å². The summed E-state index contributed by atoms with van der Waals surface area (Å²) in [5.41, 5.74) is -0.469. The molecule has 1 atom stereocenters. The Bertz CT molecular complexity index is 344. The summed E-state index contributed by atoms with van der Waals surface area (Å²) in [7, 11) is 0. The van der Waals surface area contributed by atoms with Crippen molar-refractivity contribution in [1.82, 2.24) is 5.32 Å². The van der Waals surface area contributed by atoms with Gasteiger partial charge in [-0.3, -0.25) is 0 Å². The van der Waals surface area contributed by atoms with Crippen molar-refractivity contribution in [2.45, 2.75) is 19.9 Å². The maximum absolute atomic E-state index is 11.5. The van der Waals surface area contributed by atoms with E-state index in [0.29, 0.717) is 0 Å². The molecule has 0 amide bonds. The molecule has 0 aliphatic rings. The molecule has 0 aromatic heterocycles. The van der Waals surface area contributed by atoms with E-state index < -0.39 is 36.1 Å². The third-order valence-corrected chi connectivity index (χ3v) is 1.90. The predicted octanol–water partition coefficient (Wildman–Crippen LogP) is -0.968. The van der Waals surface area contributed by atoms with Crippen molar-refractivity contribution in [2.24, 2.45) is 0 Å². The SMILES string of the molecule is CCOC(=O)C(=CNC(CO)C(=O)O)C(=O)OCC. The molecule has 0 aromatic rings. The van der Waals surface area contributed by atoms with Crippen molar-refractivity contribution in [3.8, 4) is 0 Å². The average molecular weight is 275 g/mol. The van der Waals surface area contributed by atoms with Crippen LogP contribution >= 0.6 is 0 Å². The van der Waals surface area contributed by atoms with Gasteiger partial charge in [-0.25, -0.2) is 14.4 Å². The van der Waals surface area contributed by atoms with E-state index >= 15 is 0 Å². The molecule has 1 unspecified atom stereocenters. The van der Waals surface area contributed by atoms with Crippen molar-refractivity contribution >= 4 is 17.9 Å². The predicted molar refractivity (Wildman–Crippen MR) is 63.0 cm³/mol. The highest BCUT2D eigenvalue weighted by molar-refractivity contribution is 6.14. The Kier molecular flexibility index (Phi) is 7.94. The van der Waals surface area contributed by atoms with Crippen molar-refractivity contribution in [2.75, 3.05) is 19.8 Å². The van der Waals surface area contributed by atoms with Gasteiger partial charge in [0.2, 0.25) is 0 Å². The number of carbonyl (C=O) groups excluding carboxylic acids is 2. The van der Waals surface area contributed by atoms with Crippen LogP contribution in [0.4, 0.5) is 0 Å². The molecule has 0 aliphatic carbocycles. The normalized spacial score (nSPS) is 11.1. The molecule has 8 nitrogen and oxygen atoms in total. The Morgan fingerprint density at radius 3 is 1.95 bits per heavy atom. The van der Waals surface area contributed by atoms with Crippen LogP contribution < -0.4 is 5.32 Å². The van der Waals surface area contributed by atoms with Crippen LogP contribution in [0.15, 0.2) is 11.8 Å². The Balaban J connectivity index is 4.95. The van der Waals surface area contributed by atoms with E-state index in [9.17, 15) is 14.4 Å². The fourth-order valence-corrected chi connectivity index (χ4v) is 1.00. The quantitative estimate of drug-likeness (QED) is 0.224. The lowest BCUT2D eigenvalue weighted by atomic mass is 10.2. The molecule has 0 bridgehead atoms. The van der Waals surface area contributed by atoms with Crippen LogP contribution in [0.3, 0.4) is 0 Å². The summed E-state index contributed by atoms with van der Waals surface area (Å²) in [5.74, 6) is -3.20. The second-order valence-corrected chi connectivity index (χ2v) is 3.24. The number of aliphatic hydroxyl groups is 1. The molecule has 0 saturated carbocycles. The molecule has 8 heteroatoms. The number of rotatable bonds is 8. The lowest BCUT2D eigenvalue weighted by Crippen LogP contribution is -2.37. The molecule has 108 valence electrons. The third kappa shape index (κ3) is 5.87. The van der Waals surface area contributed by atoms with Gasteiger partial charge in [-0.15, -0.1) is 0 Å². The first kappa shape index (κ1) is 16.9. The monoisotopic (exact) mass is 275 g/mol. The summed E-state index contributed by atoms with van der Waals surface area (Å²) in [5, 5.41) is 19.7. The van der Waals surface area contributed by atoms with Crippen molar-refractivity contribution in [3.05, 3.63) is 11.8 Å². The zero-order chi connectivity index (χ0) is 14.8. The van der Waals surface area contributed by atoms with E-state index in [-0.39, 0.29) is 13.2 Å². The first-order valence-electron chi connectivity index (χ1n) is 5.61. The molecule has 0 saturated heterocycles.